The molecule has 1 aliphatic rings. The van der Waals surface area contributed by atoms with Crippen LogP contribution in [0.4, 0.5) is 11.6 Å². The molecule has 0 bridgehead atoms. The molecule has 0 saturated carbocycles. The highest BCUT2D eigenvalue weighted by Gasteiger charge is 2.23. The van der Waals surface area contributed by atoms with Gasteiger partial charge in [0.2, 0.25) is 16.0 Å². The maximum absolute atomic E-state index is 13.0. The van der Waals surface area contributed by atoms with Gasteiger partial charge in [-0.15, -0.1) is 5.10 Å². The van der Waals surface area contributed by atoms with Crippen LogP contribution in [-0.4, -0.2) is 71.4 Å². The van der Waals surface area contributed by atoms with Crippen molar-refractivity contribution in [2.24, 2.45) is 0 Å². The lowest BCUT2D eigenvalue weighted by Gasteiger charge is -2.20. The normalized spacial score (nSPS) is 15.4. The molecule has 10 nitrogen and oxygen atoms in total. The predicted molar refractivity (Wildman–Crippen MR) is 160 cm³/mol. The van der Waals surface area contributed by atoms with Crippen molar-refractivity contribution in [2.75, 3.05) is 32.1 Å². The van der Waals surface area contributed by atoms with Crippen LogP contribution in [0.25, 0.3) is 16.8 Å². The minimum atomic E-state index is -3.69. The van der Waals surface area contributed by atoms with Gasteiger partial charge in [0.1, 0.15) is 5.75 Å². The van der Waals surface area contributed by atoms with Gasteiger partial charge in [-0.2, -0.15) is 0 Å². The Bertz CT molecular complexity index is 1660. The van der Waals surface area contributed by atoms with Crippen LogP contribution in [0.3, 0.4) is 0 Å². The van der Waals surface area contributed by atoms with Gasteiger partial charge in [-0.1, -0.05) is 12.1 Å². The zero-order valence-corrected chi connectivity index (χ0v) is 25.0. The fourth-order valence-electron chi connectivity index (χ4n) is 5.21. The number of nitrogens with zero attached hydrogens (tertiary/aromatic N) is 4. The van der Waals surface area contributed by atoms with E-state index in [1.807, 2.05) is 45.9 Å². The first kappa shape index (κ1) is 29.0. The molecule has 3 heterocycles. The van der Waals surface area contributed by atoms with E-state index in [1.54, 1.807) is 36.0 Å². The summed E-state index contributed by atoms with van der Waals surface area (Å²) in [6.07, 6.45) is 3.12. The highest BCUT2D eigenvalue weighted by molar-refractivity contribution is 7.89. The summed E-state index contributed by atoms with van der Waals surface area (Å²) in [5.74, 6) is 1.09. The number of aliphatic hydroxyl groups is 1. The van der Waals surface area contributed by atoms with E-state index in [4.69, 9.17) is 9.84 Å². The topological polar surface area (TPSA) is 121 Å². The lowest BCUT2D eigenvalue weighted by atomic mass is 10.0. The molecular formula is C30H38N6O4S. The number of methoxy groups -OCH3 is 1. The van der Waals surface area contributed by atoms with E-state index in [1.165, 1.54) is 11.1 Å². The van der Waals surface area contributed by atoms with Crippen LogP contribution >= 0.6 is 0 Å². The first-order valence-electron chi connectivity index (χ1n) is 13.8. The Labute approximate surface area is 241 Å². The third-order valence-electron chi connectivity index (χ3n) is 6.96. The summed E-state index contributed by atoms with van der Waals surface area (Å²) in [5, 5.41) is 17.9. The number of fused-ring (bicyclic) bond motifs is 2. The number of ether oxygens (including phenoxy) is 1. The predicted octanol–water partition coefficient (Wildman–Crippen LogP) is 4.01. The maximum atomic E-state index is 13.0. The Morgan fingerprint density at radius 1 is 1.07 bits per heavy atom. The summed E-state index contributed by atoms with van der Waals surface area (Å²) < 4.78 is 36.1. The Kier molecular flexibility index (Phi) is 8.06. The average Bonchev–Trinajstić information content (AvgIpc) is 3.22. The number of β-amino-alcohol motifs (C(OH)–C–C–N with tert-alkyl or cyclic N) is 1. The third kappa shape index (κ3) is 6.70. The lowest BCUT2D eigenvalue weighted by Crippen LogP contribution is -2.40. The summed E-state index contributed by atoms with van der Waals surface area (Å²) in [6.45, 7) is 9.67. The Balaban J connectivity index is 1.44. The SMILES string of the molecule is COc1cc2c(cc1Nc1ncc3ccc(-c4cccc(S(=O)(=O)NC(C)(C)C)c4)n3n1)CCN(C[C@@H](C)O)CC2. The molecule has 41 heavy (non-hydrogen) atoms. The van der Waals surface area contributed by atoms with Gasteiger partial charge >= 0.3 is 0 Å². The van der Waals surface area contributed by atoms with Crippen molar-refractivity contribution >= 4 is 27.2 Å². The Hall–Kier alpha value is -3.51. The van der Waals surface area contributed by atoms with E-state index in [0.29, 0.717) is 18.2 Å². The Morgan fingerprint density at radius 3 is 2.49 bits per heavy atom. The molecule has 0 unspecified atom stereocenters. The van der Waals surface area contributed by atoms with Gasteiger partial charge in [-0.25, -0.2) is 22.6 Å². The number of sulfonamides is 1. The van der Waals surface area contributed by atoms with Crippen LogP contribution in [0.5, 0.6) is 5.75 Å². The van der Waals surface area contributed by atoms with Gasteiger partial charge in [-0.05, 0) is 88.1 Å². The van der Waals surface area contributed by atoms with Crippen LogP contribution in [0, 0.1) is 0 Å². The van der Waals surface area contributed by atoms with Crippen molar-refractivity contribution < 1.29 is 18.3 Å². The van der Waals surface area contributed by atoms with E-state index in [0.717, 1.165) is 48.4 Å². The molecule has 1 aliphatic heterocycles. The monoisotopic (exact) mass is 578 g/mol. The average molecular weight is 579 g/mol. The smallest absolute Gasteiger partial charge is 0.245 e. The number of hydrogen-bond acceptors (Lipinski definition) is 8. The molecule has 0 saturated heterocycles. The first-order valence-corrected chi connectivity index (χ1v) is 15.3. The van der Waals surface area contributed by atoms with Gasteiger partial charge in [0, 0.05) is 30.7 Å². The van der Waals surface area contributed by atoms with Crippen LogP contribution in [-0.2, 0) is 22.9 Å². The number of rotatable bonds is 8. The van der Waals surface area contributed by atoms with Crippen LogP contribution < -0.4 is 14.8 Å². The van der Waals surface area contributed by atoms with Gasteiger partial charge < -0.3 is 20.1 Å². The molecule has 0 fully saturated rings. The van der Waals surface area contributed by atoms with Crippen LogP contribution in [0.1, 0.15) is 38.8 Å². The van der Waals surface area contributed by atoms with Crippen molar-refractivity contribution in [3.63, 3.8) is 0 Å². The molecule has 0 aliphatic carbocycles. The molecule has 4 aromatic rings. The van der Waals surface area contributed by atoms with Crippen molar-refractivity contribution in [3.05, 3.63) is 65.9 Å². The van der Waals surface area contributed by atoms with Crippen molar-refractivity contribution in [1.82, 2.24) is 24.2 Å². The number of anilines is 2. The number of hydrogen-bond donors (Lipinski definition) is 3. The first-order chi connectivity index (χ1) is 19.4. The van der Waals surface area contributed by atoms with E-state index >= 15 is 0 Å². The molecule has 0 spiro atoms. The maximum Gasteiger partial charge on any atom is 0.245 e. The summed E-state index contributed by atoms with van der Waals surface area (Å²) in [6, 6.07) is 14.8. The second-order valence-electron chi connectivity index (χ2n) is 11.6. The van der Waals surface area contributed by atoms with E-state index < -0.39 is 15.6 Å². The zero-order valence-electron chi connectivity index (χ0n) is 24.2. The van der Waals surface area contributed by atoms with Crippen LogP contribution in [0.2, 0.25) is 0 Å². The van der Waals surface area contributed by atoms with E-state index in [9.17, 15) is 13.5 Å². The molecular weight excluding hydrogens is 540 g/mol. The minimum Gasteiger partial charge on any atom is -0.495 e. The summed E-state index contributed by atoms with van der Waals surface area (Å²) in [4.78, 5) is 6.99. The molecule has 1 atom stereocenters. The largest absolute Gasteiger partial charge is 0.495 e. The highest BCUT2D eigenvalue weighted by Crippen LogP contribution is 2.33. The summed E-state index contributed by atoms with van der Waals surface area (Å²) in [5.41, 5.74) is 4.87. The molecule has 3 N–H and O–H groups in total. The fraction of sp³-hybridized carbons (Fsp3) is 0.400. The summed E-state index contributed by atoms with van der Waals surface area (Å²) in [7, 11) is -2.05. The van der Waals surface area contributed by atoms with Crippen molar-refractivity contribution in [1.29, 1.82) is 0 Å². The van der Waals surface area contributed by atoms with Gasteiger partial charge in [-0.3, -0.25) is 0 Å². The Morgan fingerprint density at radius 2 is 1.80 bits per heavy atom. The molecule has 218 valence electrons. The van der Waals surface area contributed by atoms with Gasteiger partial charge in [0.05, 0.1) is 41.2 Å². The molecule has 2 aromatic heterocycles. The molecule has 2 aromatic carbocycles. The second kappa shape index (κ2) is 11.4. The van der Waals surface area contributed by atoms with Crippen molar-refractivity contribution in [3.8, 4) is 17.0 Å². The molecule has 0 radical (unpaired) electrons. The van der Waals surface area contributed by atoms with Crippen LogP contribution in [0.15, 0.2) is 59.6 Å². The second-order valence-corrected chi connectivity index (χ2v) is 13.3. The lowest BCUT2D eigenvalue weighted by molar-refractivity contribution is 0.129. The number of aliphatic hydroxyl groups excluding tert-OH is 1. The zero-order chi connectivity index (χ0) is 29.4. The molecule has 11 heteroatoms. The highest BCUT2D eigenvalue weighted by atomic mass is 32.2. The van der Waals surface area contributed by atoms with E-state index in [-0.39, 0.29) is 11.0 Å². The summed E-state index contributed by atoms with van der Waals surface area (Å²) >= 11 is 0. The molecule has 0 amide bonds. The third-order valence-corrected chi connectivity index (χ3v) is 8.72. The van der Waals surface area contributed by atoms with Gasteiger partial charge in [0.25, 0.3) is 0 Å². The number of benzene rings is 2. The molecule has 5 rings (SSSR count). The number of aromatic nitrogens is 3. The van der Waals surface area contributed by atoms with Gasteiger partial charge in [0.15, 0.2) is 0 Å². The standard InChI is InChI=1S/C30H38N6O4S/c1-20(37)19-35-13-11-21-16-26(28(40-5)17-22(21)12-14-35)32-29-31-18-24-9-10-27(36(24)33-29)23-7-6-8-25(15-23)41(38,39)34-30(2,3)4/h6-10,15-18,20,34,37H,11-14,19H2,1-5H3,(H,32,33)/t20-/m1/s1. The van der Waals surface area contributed by atoms with E-state index in [2.05, 4.69) is 32.1 Å². The quantitative estimate of drug-likeness (QED) is 0.287. The minimum absolute atomic E-state index is 0.189. The fourth-order valence-corrected chi connectivity index (χ4v) is 6.67. The van der Waals surface area contributed by atoms with Crippen molar-refractivity contribution in [2.45, 2.75) is 57.1 Å². The number of nitrogens with one attached hydrogen (secondary N) is 2.